The van der Waals surface area contributed by atoms with E-state index in [0.717, 1.165) is 0 Å². The third kappa shape index (κ3) is 2.29. The van der Waals surface area contributed by atoms with Crippen molar-refractivity contribution in [3.8, 4) is 22.7 Å². The topological polar surface area (TPSA) is 102 Å². The Labute approximate surface area is 138 Å². The number of benzene rings is 1. The van der Waals surface area contributed by atoms with Crippen LogP contribution in [0.15, 0.2) is 57.3 Å². The number of rotatable bonds is 3. The minimum atomic E-state index is -0.486. The molecule has 0 radical (unpaired) electrons. The van der Waals surface area contributed by atoms with E-state index in [-0.39, 0.29) is 11.2 Å². The minimum Gasteiger partial charge on any atom is -0.464 e. The number of nitrogens with one attached hydrogen (secondary N) is 1. The van der Waals surface area contributed by atoms with Crippen LogP contribution in [0.3, 0.4) is 0 Å². The summed E-state index contributed by atoms with van der Waals surface area (Å²) in [5.74, 6) is 0.890. The maximum Gasteiger partial charge on any atom is 0.270 e. The number of nitro benzene ring substituents is 1. The fourth-order valence-electron chi connectivity index (χ4n) is 2.47. The van der Waals surface area contributed by atoms with Gasteiger partial charge in [0.25, 0.3) is 11.2 Å². The second kappa shape index (κ2) is 5.43. The van der Waals surface area contributed by atoms with Crippen LogP contribution in [-0.2, 0) is 0 Å². The predicted octanol–water partition coefficient (Wildman–Crippen LogP) is 3.82. The molecule has 0 bridgehead atoms. The summed E-state index contributed by atoms with van der Waals surface area (Å²) in [5.41, 5.74) is 0.794. The van der Waals surface area contributed by atoms with Gasteiger partial charge in [-0.1, -0.05) is 12.1 Å². The molecule has 24 heavy (non-hydrogen) atoms. The molecule has 1 aromatic carbocycles. The molecule has 0 aliphatic carbocycles. The first-order valence-corrected chi connectivity index (χ1v) is 7.81. The predicted molar refractivity (Wildman–Crippen MR) is 90.0 cm³/mol. The number of hydrogen-bond donors (Lipinski definition) is 1. The van der Waals surface area contributed by atoms with Crippen molar-refractivity contribution in [2.45, 2.75) is 0 Å². The minimum absolute atomic E-state index is 0.0577. The van der Waals surface area contributed by atoms with Crippen molar-refractivity contribution < 1.29 is 9.34 Å². The first-order chi connectivity index (χ1) is 11.6. The summed E-state index contributed by atoms with van der Waals surface area (Å²) in [6.45, 7) is 0. The lowest BCUT2D eigenvalue weighted by Gasteiger charge is -2.01. The van der Waals surface area contributed by atoms with Crippen LogP contribution < -0.4 is 5.56 Å². The van der Waals surface area contributed by atoms with Gasteiger partial charge in [-0.25, -0.2) is 4.98 Å². The molecule has 118 valence electrons. The van der Waals surface area contributed by atoms with Crippen molar-refractivity contribution in [2.75, 3.05) is 0 Å². The molecule has 0 spiro atoms. The zero-order chi connectivity index (χ0) is 16.7. The van der Waals surface area contributed by atoms with Gasteiger partial charge >= 0.3 is 0 Å². The van der Waals surface area contributed by atoms with Crippen LogP contribution in [0.1, 0.15) is 0 Å². The normalized spacial score (nSPS) is 11.0. The first-order valence-electron chi connectivity index (χ1n) is 6.94. The fraction of sp³-hybridized carbons (Fsp3) is 0. The second-order valence-corrected chi connectivity index (χ2v) is 5.89. The number of nitrogens with zero attached hydrogens (tertiary/aromatic N) is 2. The summed E-state index contributed by atoms with van der Waals surface area (Å²) in [4.78, 5) is 30.6. The number of nitro groups is 1. The van der Waals surface area contributed by atoms with Crippen LogP contribution >= 0.6 is 11.3 Å². The maximum atomic E-state index is 12.5. The highest BCUT2D eigenvalue weighted by Crippen LogP contribution is 2.32. The van der Waals surface area contributed by atoms with Crippen LogP contribution in [0.5, 0.6) is 0 Å². The molecule has 0 aliphatic rings. The number of thiophene rings is 1. The van der Waals surface area contributed by atoms with Gasteiger partial charge in [-0.15, -0.1) is 11.3 Å². The van der Waals surface area contributed by atoms with Crippen LogP contribution in [0.2, 0.25) is 0 Å². The molecule has 0 amide bonds. The SMILES string of the molecule is O=c1[nH]c(-c2cccc([N+](=O)[O-])c2)nc2scc(-c3ccco3)c12. The Morgan fingerprint density at radius 3 is 2.88 bits per heavy atom. The first kappa shape index (κ1) is 14.3. The molecule has 3 heterocycles. The highest BCUT2D eigenvalue weighted by molar-refractivity contribution is 7.17. The Balaban J connectivity index is 1.89. The van der Waals surface area contributed by atoms with Crippen LogP contribution in [0, 0.1) is 10.1 Å². The summed E-state index contributed by atoms with van der Waals surface area (Å²) in [6.07, 6.45) is 1.54. The smallest absolute Gasteiger partial charge is 0.270 e. The highest BCUT2D eigenvalue weighted by atomic mass is 32.1. The molecular formula is C16H9N3O4S. The third-order valence-corrected chi connectivity index (χ3v) is 4.43. The van der Waals surface area contributed by atoms with Crippen LogP contribution in [0.25, 0.3) is 32.9 Å². The number of aromatic nitrogens is 2. The molecule has 1 N–H and O–H groups in total. The number of aromatic amines is 1. The van der Waals surface area contributed by atoms with E-state index < -0.39 is 4.92 Å². The Morgan fingerprint density at radius 1 is 1.25 bits per heavy atom. The number of hydrogen-bond acceptors (Lipinski definition) is 6. The molecule has 4 rings (SSSR count). The largest absolute Gasteiger partial charge is 0.464 e. The summed E-state index contributed by atoms with van der Waals surface area (Å²) in [5, 5.41) is 13.2. The summed E-state index contributed by atoms with van der Waals surface area (Å²) >= 11 is 1.32. The van der Waals surface area contributed by atoms with E-state index in [4.69, 9.17) is 4.42 Å². The highest BCUT2D eigenvalue weighted by Gasteiger charge is 2.16. The number of H-pyrrole nitrogens is 1. The quantitative estimate of drug-likeness (QED) is 0.451. The Bertz CT molecular complexity index is 1110. The monoisotopic (exact) mass is 339 g/mol. The van der Waals surface area contributed by atoms with Crippen molar-refractivity contribution in [1.82, 2.24) is 9.97 Å². The molecule has 8 heteroatoms. The molecule has 0 aliphatic heterocycles. The molecule has 0 fully saturated rings. The molecule has 3 aromatic heterocycles. The molecule has 0 atom stereocenters. The van der Waals surface area contributed by atoms with Gasteiger partial charge < -0.3 is 9.40 Å². The molecular weight excluding hydrogens is 330 g/mol. The zero-order valence-electron chi connectivity index (χ0n) is 12.1. The average Bonchev–Trinajstić information content (AvgIpc) is 3.24. The summed E-state index contributed by atoms with van der Waals surface area (Å²) in [6, 6.07) is 9.51. The Hall–Kier alpha value is -3.26. The molecule has 0 saturated carbocycles. The van der Waals surface area contributed by atoms with Gasteiger partial charge in [-0.2, -0.15) is 0 Å². The number of furan rings is 1. The van der Waals surface area contributed by atoms with Crippen molar-refractivity contribution >= 4 is 27.2 Å². The molecule has 0 unspecified atom stereocenters. The second-order valence-electron chi connectivity index (χ2n) is 5.03. The van der Waals surface area contributed by atoms with Gasteiger partial charge in [0.15, 0.2) is 0 Å². The average molecular weight is 339 g/mol. The standard InChI is InChI=1S/C16H9N3O4S/c20-15-13-11(12-5-2-6-23-12)8-24-16(13)18-14(17-15)9-3-1-4-10(7-9)19(21)22/h1-8H,(H,17,18,20). The summed E-state index contributed by atoms with van der Waals surface area (Å²) in [7, 11) is 0. The maximum absolute atomic E-state index is 12.5. The molecule has 7 nitrogen and oxygen atoms in total. The lowest BCUT2D eigenvalue weighted by molar-refractivity contribution is -0.384. The van der Waals surface area contributed by atoms with E-state index >= 15 is 0 Å². The van der Waals surface area contributed by atoms with Crippen molar-refractivity contribution in [2.24, 2.45) is 0 Å². The van der Waals surface area contributed by atoms with E-state index in [2.05, 4.69) is 9.97 Å². The van der Waals surface area contributed by atoms with Crippen molar-refractivity contribution in [3.63, 3.8) is 0 Å². The summed E-state index contributed by atoms with van der Waals surface area (Å²) < 4.78 is 5.35. The van der Waals surface area contributed by atoms with Gasteiger partial charge in [0.2, 0.25) is 0 Å². The van der Waals surface area contributed by atoms with E-state index in [0.29, 0.717) is 32.9 Å². The van der Waals surface area contributed by atoms with E-state index in [9.17, 15) is 14.9 Å². The third-order valence-electron chi connectivity index (χ3n) is 3.56. The van der Waals surface area contributed by atoms with Crippen LogP contribution in [-0.4, -0.2) is 14.9 Å². The fourth-order valence-corrected chi connectivity index (χ4v) is 3.39. The van der Waals surface area contributed by atoms with E-state index in [1.54, 1.807) is 24.3 Å². The van der Waals surface area contributed by atoms with Crippen molar-refractivity contribution in [3.05, 3.63) is 68.5 Å². The number of fused-ring (bicyclic) bond motifs is 1. The van der Waals surface area contributed by atoms with Crippen LogP contribution in [0.4, 0.5) is 5.69 Å². The van der Waals surface area contributed by atoms with Gasteiger partial charge in [0.05, 0.1) is 16.6 Å². The Kier molecular flexibility index (Phi) is 3.24. The molecule has 0 saturated heterocycles. The molecule has 4 aromatic rings. The van der Waals surface area contributed by atoms with Crippen molar-refractivity contribution in [1.29, 1.82) is 0 Å². The van der Waals surface area contributed by atoms with Gasteiger partial charge in [-0.3, -0.25) is 14.9 Å². The number of non-ortho nitro benzene ring substituents is 1. The van der Waals surface area contributed by atoms with Gasteiger partial charge in [0, 0.05) is 28.6 Å². The Morgan fingerprint density at radius 2 is 2.12 bits per heavy atom. The van der Waals surface area contributed by atoms with Gasteiger partial charge in [-0.05, 0) is 12.1 Å². The zero-order valence-corrected chi connectivity index (χ0v) is 12.9. The van der Waals surface area contributed by atoms with Gasteiger partial charge in [0.1, 0.15) is 16.4 Å². The lowest BCUT2D eigenvalue weighted by atomic mass is 10.1. The van der Waals surface area contributed by atoms with E-state index in [1.807, 2.05) is 5.38 Å². The van der Waals surface area contributed by atoms with E-state index in [1.165, 1.54) is 29.7 Å². The lowest BCUT2D eigenvalue weighted by Crippen LogP contribution is -2.09.